The minimum atomic E-state index is 0.617. The van der Waals surface area contributed by atoms with Crippen LogP contribution >= 0.6 is 0 Å². The maximum atomic E-state index is 2.22. The van der Waals surface area contributed by atoms with Crippen molar-refractivity contribution in [2.24, 2.45) is 5.92 Å². The smallest absolute Gasteiger partial charge is 0.00556 e. The first kappa shape index (κ1) is 11.3. The van der Waals surface area contributed by atoms with E-state index in [2.05, 4.69) is 44.9 Å². The van der Waals surface area contributed by atoms with Crippen LogP contribution in [0.3, 0.4) is 0 Å². The summed E-state index contributed by atoms with van der Waals surface area (Å²) in [5.41, 5.74) is 2.84. The fraction of sp³-hybridized carbons (Fsp3) is 0.636. The zero-order valence-electron chi connectivity index (χ0n) is 9.18. The highest BCUT2D eigenvalue weighted by atomic mass is 15.0. The topological polar surface area (TPSA) is 3.24 Å². The van der Waals surface area contributed by atoms with Gasteiger partial charge < -0.3 is 4.90 Å². The van der Waals surface area contributed by atoms with E-state index in [9.17, 15) is 0 Å². The molecule has 0 bridgehead atoms. The Bertz CT molecular complexity index is 181. The summed E-state index contributed by atoms with van der Waals surface area (Å²) in [6.07, 6.45) is 4.29. The number of allylic oxidation sites excluding steroid dienone is 3. The molecule has 0 N–H and O–H groups in total. The lowest BCUT2D eigenvalue weighted by Gasteiger charge is -2.11. The van der Waals surface area contributed by atoms with Crippen molar-refractivity contribution >= 4 is 0 Å². The molecule has 0 fully saturated rings. The summed E-state index contributed by atoms with van der Waals surface area (Å²) >= 11 is 0. The van der Waals surface area contributed by atoms with Gasteiger partial charge in [-0.3, -0.25) is 0 Å². The molecule has 0 radical (unpaired) electrons. The molecule has 0 aliphatic rings. The number of hydrogen-bond acceptors (Lipinski definition) is 1. The summed E-state index contributed by atoms with van der Waals surface area (Å²) in [7, 11) is 4.08. The molecule has 0 spiro atoms. The van der Waals surface area contributed by atoms with Crippen LogP contribution in [0.5, 0.6) is 0 Å². The van der Waals surface area contributed by atoms with Crippen LogP contribution in [0, 0.1) is 5.92 Å². The van der Waals surface area contributed by atoms with Crippen LogP contribution in [0.4, 0.5) is 0 Å². The Morgan fingerprint density at radius 1 is 1.17 bits per heavy atom. The van der Waals surface area contributed by atoms with E-state index in [-0.39, 0.29) is 0 Å². The molecule has 0 aromatic rings. The second kappa shape index (κ2) is 5.02. The van der Waals surface area contributed by atoms with Crippen LogP contribution in [0.2, 0.25) is 0 Å². The van der Waals surface area contributed by atoms with E-state index < -0.39 is 0 Å². The van der Waals surface area contributed by atoms with Gasteiger partial charge in [0.2, 0.25) is 0 Å². The third-order valence-electron chi connectivity index (χ3n) is 1.75. The van der Waals surface area contributed by atoms with Crippen molar-refractivity contribution in [2.75, 3.05) is 14.1 Å². The monoisotopic (exact) mass is 167 g/mol. The van der Waals surface area contributed by atoms with Gasteiger partial charge in [0.05, 0.1) is 0 Å². The van der Waals surface area contributed by atoms with E-state index >= 15 is 0 Å². The molecule has 0 aromatic carbocycles. The molecule has 0 saturated carbocycles. The van der Waals surface area contributed by atoms with Gasteiger partial charge >= 0.3 is 0 Å². The lowest BCUT2D eigenvalue weighted by atomic mass is 9.99. The van der Waals surface area contributed by atoms with E-state index in [4.69, 9.17) is 0 Å². The second-order valence-electron chi connectivity index (χ2n) is 3.89. The van der Waals surface area contributed by atoms with E-state index in [1.165, 1.54) is 11.1 Å². The zero-order chi connectivity index (χ0) is 9.72. The van der Waals surface area contributed by atoms with Crippen LogP contribution in [0.15, 0.2) is 23.4 Å². The second-order valence-corrected chi connectivity index (χ2v) is 3.89. The summed E-state index contributed by atoms with van der Waals surface area (Å²) in [6.45, 7) is 8.77. The van der Waals surface area contributed by atoms with E-state index in [1.54, 1.807) is 0 Å². The van der Waals surface area contributed by atoms with Crippen molar-refractivity contribution in [1.29, 1.82) is 0 Å². The summed E-state index contributed by atoms with van der Waals surface area (Å²) in [5.74, 6) is 0.617. The fourth-order valence-corrected chi connectivity index (χ4v) is 1.17. The molecule has 0 saturated heterocycles. The van der Waals surface area contributed by atoms with Gasteiger partial charge in [-0.25, -0.2) is 0 Å². The van der Waals surface area contributed by atoms with Crippen LogP contribution in [-0.2, 0) is 0 Å². The third kappa shape index (κ3) is 4.22. The van der Waals surface area contributed by atoms with E-state index in [0.29, 0.717) is 5.92 Å². The van der Waals surface area contributed by atoms with Gasteiger partial charge in [-0.05, 0) is 37.6 Å². The van der Waals surface area contributed by atoms with Crippen molar-refractivity contribution < 1.29 is 0 Å². The van der Waals surface area contributed by atoms with Crippen LogP contribution in [-0.4, -0.2) is 19.0 Å². The van der Waals surface area contributed by atoms with Gasteiger partial charge in [0.15, 0.2) is 0 Å². The molecule has 0 aliphatic carbocycles. The first-order valence-corrected chi connectivity index (χ1v) is 4.47. The average molecular weight is 167 g/mol. The number of hydrogen-bond donors (Lipinski definition) is 0. The molecule has 12 heavy (non-hydrogen) atoms. The van der Waals surface area contributed by atoms with Crippen molar-refractivity contribution in [3.05, 3.63) is 23.4 Å². The van der Waals surface area contributed by atoms with Crippen molar-refractivity contribution in [2.45, 2.75) is 27.7 Å². The van der Waals surface area contributed by atoms with E-state index in [1.807, 2.05) is 14.1 Å². The Balaban J connectivity index is 4.47. The molecule has 1 nitrogen and oxygen atoms in total. The number of nitrogens with zero attached hydrogens (tertiary/aromatic N) is 1. The Kier molecular flexibility index (Phi) is 4.72. The normalized spacial score (nSPS) is 10.9. The van der Waals surface area contributed by atoms with Crippen molar-refractivity contribution in [1.82, 2.24) is 4.90 Å². The van der Waals surface area contributed by atoms with Gasteiger partial charge in [0.25, 0.3) is 0 Å². The highest BCUT2D eigenvalue weighted by Gasteiger charge is 2.00. The largest absolute Gasteiger partial charge is 0.383 e. The average Bonchev–Trinajstić information content (AvgIpc) is 1.84. The highest BCUT2D eigenvalue weighted by Crippen LogP contribution is 2.15. The minimum absolute atomic E-state index is 0.617. The minimum Gasteiger partial charge on any atom is -0.383 e. The van der Waals surface area contributed by atoms with Gasteiger partial charge in [-0.2, -0.15) is 0 Å². The van der Waals surface area contributed by atoms with Crippen LogP contribution in [0.1, 0.15) is 27.7 Å². The Morgan fingerprint density at radius 3 is 1.92 bits per heavy atom. The van der Waals surface area contributed by atoms with Gasteiger partial charge in [-0.1, -0.05) is 19.4 Å². The quantitative estimate of drug-likeness (QED) is 0.584. The van der Waals surface area contributed by atoms with Crippen LogP contribution < -0.4 is 0 Å². The number of rotatable bonds is 3. The van der Waals surface area contributed by atoms with E-state index in [0.717, 1.165) is 0 Å². The molecule has 0 atom stereocenters. The first-order chi connectivity index (χ1) is 5.45. The highest BCUT2D eigenvalue weighted by molar-refractivity contribution is 5.24. The standard InChI is InChI=1S/C11H21N/c1-9(2)11(10(3)4)7-8-12(5)6/h7-9H,1-6H3/b8-7-. The van der Waals surface area contributed by atoms with Gasteiger partial charge in [0, 0.05) is 14.1 Å². The Labute approximate surface area is 76.8 Å². The van der Waals surface area contributed by atoms with Gasteiger partial charge in [-0.15, -0.1) is 0 Å². The maximum absolute atomic E-state index is 2.22. The summed E-state index contributed by atoms with van der Waals surface area (Å²) in [6, 6.07) is 0. The lowest BCUT2D eigenvalue weighted by molar-refractivity contribution is 0.562. The molecule has 0 heterocycles. The summed E-state index contributed by atoms with van der Waals surface area (Å²) in [4.78, 5) is 2.06. The van der Waals surface area contributed by atoms with Gasteiger partial charge in [0.1, 0.15) is 0 Å². The van der Waals surface area contributed by atoms with Crippen molar-refractivity contribution in [3.63, 3.8) is 0 Å². The molecule has 0 rings (SSSR count). The molecule has 0 amide bonds. The maximum Gasteiger partial charge on any atom is 0.00556 e. The molecule has 0 aliphatic heterocycles. The lowest BCUT2D eigenvalue weighted by Crippen LogP contribution is -2.02. The summed E-state index contributed by atoms with van der Waals surface area (Å²) in [5, 5.41) is 0. The molecule has 0 unspecified atom stereocenters. The van der Waals surface area contributed by atoms with Crippen LogP contribution in [0.25, 0.3) is 0 Å². The SMILES string of the molecule is CC(C)=C(/C=C\N(C)C)C(C)C. The van der Waals surface area contributed by atoms with Crippen molar-refractivity contribution in [3.8, 4) is 0 Å². The predicted molar refractivity (Wildman–Crippen MR) is 56.0 cm³/mol. The molecule has 1 heteroatoms. The zero-order valence-corrected chi connectivity index (χ0v) is 9.18. The Morgan fingerprint density at radius 2 is 1.67 bits per heavy atom. The first-order valence-electron chi connectivity index (χ1n) is 4.47. The third-order valence-corrected chi connectivity index (χ3v) is 1.75. The molecule has 0 aromatic heterocycles. The molecule has 70 valence electrons. The molecular formula is C11H21N. The Hall–Kier alpha value is -0.720. The summed E-state index contributed by atoms with van der Waals surface area (Å²) < 4.78 is 0. The fourth-order valence-electron chi connectivity index (χ4n) is 1.17. The molecular weight excluding hydrogens is 146 g/mol. The predicted octanol–water partition coefficient (Wildman–Crippen LogP) is 3.05.